The lowest BCUT2D eigenvalue weighted by atomic mass is 10.1. The molecule has 5 heteroatoms. The molecule has 0 unspecified atom stereocenters. The highest BCUT2D eigenvalue weighted by Gasteiger charge is 2.17. The second kappa shape index (κ2) is 6.28. The van der Waals surface area contributed by atoms with Gasteiger partial charge < -0.3 is 14.8 Å². The molecule has 0 aliphatic carbocycles. The van der Waals surface area contributed by atoms with Crippen molar-refractivity contribution >= 4 is 23.2 Å². The van der Waals surface area contributed by atoms with Crippen molar-refractivity contribution in [3.05, 3.63) is 52.5 Å². The van der Waals surface area contributed by atoms with Crippen LogP contribution in [0.2, 0.25) is 5.02 Å². The number of nitrogens with one attached hydrogen (secondary N) is 1. The van der Waals surface area contributed by atoms with Gasteiger partial charge in [-0.1, -0.05) is 17.7 Å². The van der Waals surface area contributed by atoms with Crippen molar-refractivity contribution in [3.8, 4) is 11.5 Å². The van der Waals surface area contributed by atoms with Crippen molar-refractivity contribution in [2.45, 2.75) is 13.3 Å². The fourth-order valence-corrected chi connectivity index (χ4v) is 2.51. The highest BCUT2D eigenvalue weighted by molar-refractivity contribution is 6.31. The Hall–Kier alpha value is -2.20. The largest absolute Gasteiger partial charge is 0.490 e. The van der Waals surface area contributed by atoms with Crippen molar-refractivity contribution in [2.75, 3.05) is 18.5 Å². The van der Waals surface area contributed by atoms with Crippen LogP contribution in [0.4, 0.5) is 5.69 Å². The van der Waals surface area contributed by atoms with Gasteiger partial charge in [0.25, 0.3) is 5.91 Å². The van der Waals surface area contributed by atoms with E-state index in [1.54, 1.807) is 30.3 Å². The maximum absolute atomic E-state index is 12.5. The Balaban J connectivity index is 1.87. The number of carbonyl (C=O) groups excluding carboxylic acids is 1. The summed E-state index contributed by atoms with van der Waals surface area (Å²) in [7, 11) is 0. The molecular weight excluding hydrogens is 302 g/mol. The lowest BCUT2D eigenvalue weighted by molar-refractivity contribution is 0.102. The minimum atomic E-state index is -0.199. The number of hydrogen-bond donors (Lipinski definition) is 1. The molecule has 0 atom stereocenters. The van der Waals surface area contributed by atoms with Crippen LogP contribution in [-0.2, 0) is 0 Å². The average molecular weight is 318 g/mol. The fourth-order valence-electron chi connectivity index (χ4n) is 2.32. The third-order valence-corrected chi connectivity index (χ3v) is 3.66. The molecule has 0 aromatic heterocycles. The molecule has 0 fully saturated rings. The maximum atomic E-state index is 12.5. The first-order valence-corrected chi connectivity index (χ1v) is 7.48. The second-order valence-corrected chi connectivity index (χ2v) is 5.57. The molecule has 0 bridgehead atoms. The molecule has 22 heavy (non-hydrogen) atoms. The predicted octanol–water partition coefficient (Wildman–Crippen LogP) is 4.06. The first-order valence-electron chi connectivity index (χ1n) is 7.10. The van der Waals surface area contributed by atoms with Crippen LogP contribution in [0.25, 0.3) is 0 Å². The van der Waals surface area contributed by atoms with Crippen molar-refractivity contribution in [2.24, 2.45) is 0 Å². The number of amides is 1. The highest BCUT2D eigenvalue weighted by Crippen LogP contribution is 2.33. The van der Waals surface area contributed by atoms with Gasteiger partial charge in [0.1, 0.15) is 0 Å². The third kappa shape index (κ3) is 3.17. The van der Waals surface area contributed by atoms with Crippen LogP contribution in [0, 0.1) is 6.92 Å². The monoisotopic (exact) mass is 317 g/mol. The first kappa shape index (κ1) is 14.7. The van der Waals surface area contributed by atoms with Crippen LogP contribution in [0.1, 0.15) is 22.3 Å². The summed E-state index contributed by atoms with van der Waals surface area (Å²) in [6.07, 6.45) is 0.831. The van der Waals surface area contributed by atoms with Gasteiger partial charge in [0, 0.05) is 22.7 Å². The minimum Gasteiger partial charge on any atom is -0.490 e. The van der Waals surface area contributed by atoms with Gasteiger partial charge >= 0.3 is 0 Å². The van der Waals surface area contributed by atoms with E-state index in [4.69, 9.17) is 21.1 Å². The van der Waals surface area contributed by atoms with Gasteiger partial charge in [-0.15, -0.1) is 0 Å². The number of ether oxygens (including phenoxy) is 2. The third-order valence-electron chi connectivity index (χ3n) is 3.42. The molecule has 4 nitrogen and oxygen atoms in total. The van der Waals surface area contributed by atoms with Gasteiger partial charge in [0.15, 0.2) is 11.5 Å². The Kier molecular flexibility index (Phi) is 4.20. The van der Waals surface area contributed by atoms with Gasteiger partial charge in [0.2, 0.25) is 0 Å². The SMILES string of the molecule is Cc1cc2c(cc1C(=O)Nc1cccc(Cl)c1)OCCCO2. The fraction of sp³-hybridized carbons (Fsp3) is 0.235. The lowest BCUT2D eigenvalue weighted by Gasteiger charge is -2.13. The summed E-state index contributed by atoms with van der Waals surface area (Å²) in [4.78, 5) is 12.5. The average Bonchev–Trinajstić information content (AvgIpc) is 2.71. The van der Waals surface area contributed by atoms with Gasteiger partial charge in [0.05, 0.1) is 13.2 Å². The van der Waals surface area contributed by atoms with E-state index in [0.29, 0.717) is 41.0 Å². The summed E-state index contributed by atoms with van der Waals surface area (Å²) in [6, 6.07) is 10.6. The lowest BCUT2D eigenvalue weighted by Crippen LogP contribution is -2.13. The molecule has 1 amide bonds. The zero-order chi connectivity index (χ0) is 15.5. The van der Waals surface area contributed by atoms with Crippen molar-refractivity contribution in [1.82, 2.24) is 0 Å². The Morgan fingerprint density at radius 3 is 2.59 bits per heavy atom. The van der Waals surface area contributed by atoms with Gasteiger partial charge in [-0.3, -0.25) is 4.79 Å². The summed E-state index contributed by atoms with van der Waals surface area (Å²) in [5.74, 6) is 1.10. The van der Waals surface area contributed by atoms with Gasteiger partial charge in [-0.05, 0) is 42.8 Å². The first-order chi connectivity index (χ1) is 10.6. The maximum Gasteiger partial charge on any atom is 0.256 e. The number of carbonyl (C=O) groups is 1. The molecule has 3 rings (SSSR count). The zero-order valence-electron chi connectivity index (χ0n) is 12.2. The van der Waals surface area contributed by atoms with E-state index in [9.17, 15) is 4.79 Å². The van der Waals surface area contributed by atoms with E-state index < -0.39 is 0 Å². The molecule has 1 aliphatic heterocycles. The van der Waals surface area contributed by atoms with E-state index >= 15 is 0 Å². The number of aryl methyl sites for hydroxylation is 1. The van der Waals surface area contributed by atoms with Crippen LogP contribution in [0.3, 0.4) is 0 Å². The zero-order valence-corrected chi connectivity index (χ0v) is 12.9. The summed E-state index contributed by atoms with van der Waals surface area (Å²) >= 11 is 5.93. The standard InChI is InChI=1S/C17H16ClNO3/c1-11-8-15-16(22-7-3-6-21-15)10-14(11)17(20)19-13-5-2-4-12(18)9-13/h2,4-5,8-10H,3,6-7H2,1H3,(H,19,20). The molecule has 0 radical (unpaired) electrons. The van der Waals surface area contributed by atoms with Crippen LogP contribution >= 0.6 is 11.6 Å². The molecule has 2 aromatic carbocycles. The smallest absolute Gasteiger partial charge is 0.256 e. The summed E-state index contributed by atoms with van der Waals surface area (Å²) in [6.45, 7) is 3.09. The minimum absolute atomic E-state index is 0.199. The van der Waals surface area contributed by atoms with Crippen LogP contribution in [0.15, 0.2) is 36.4 Å². The van der Waals surface area contributed by atoms with E-state index in [1.165, 1.54) is 0 Å². The molecule has 114 valence electrons. The topological polar surface area (TPSA) is 47.6 Å². The number of rotatable bonds is 2. The molecule has 2 aromatic rings. The van der Waals surface area contributed by atoms with E-state index in [1.807, 2.05) is 13.0 Å². The number of hydrogen-bond acceptors (Lipinski definition) is 3. The highest BCUT2D eigenvalue weighted by atomic mass is 35.5. The van der Waals surface area contributed by atoms with Crippen LogP contribution in [0.5, 0.6) is 11.5 Å². The predicted molar refractivity (Wildman–Crippen MR) is 86.2 cm³/mol. The van der Waals surface area contributed by atoms with Crippen LogP contribution in [-0.4, -0.2) is 19.1 Å². The molecule has 0 saturated heterocycles. The van der Waals surface area contributed by atoms with Crippen LogP contribution < -0.4 is 14.8 Å². The Labute approximate surface area is 134 Å². The number of fused-ring (bicyclic) bond motifs is 1. The van der Waals surface area contributed by atoms with Gasteiger partial charge in [-0.2, -0.15) is 0 Å². The summed E-state index contributed by atoms with van der Waals surface area (Å²) in [5.41, 5.74) is 2.05. The second-order valence-electron chi connectivity index (χ2n) is 5.13. The van der Waals surface area contributed by atoms with Gasteiger partial charge in [-0.25, -0.2) is 0 Å². The molecular formula is C17H16ClNO3. The number of anilines is 1. The van der Waals surface area contributed by atoms with Crippen molar-refractivity contribution < 1.29 is 14.3 Å². The quantitative estimate of drug-likeness (QED) is 0.908. The van der Waals surface area contributed by atoms with E-state index in [0.717, 1.165) is 12.0 Å². The number of halogens is 1. The summed E-state index contributed by atoms with van der Waals surface area (Å²) in [5, 5.41) is 3.42. The van der Waals surface area contributed by atoms with E-state index in [-0.39, 0.29) is 5.91 Å². The molecule has 0 spiro atoms. The van der Waals surface area contributed by atoms with E-state index in [2.05, 4.69) is 5.32 Å². The Bertz CT molecular complexity index is 715. The Morgan fingerprint density at radius 1 is 1.14 bits per heavy atom. The molecule has 1 aliphatic rings. The molecule has 1 heterocycles. The van der Waals surface area contributed by atoms with Crippen molar-refractivity contribution in [3.63, 3.8) is 0 Å². The van der Waals surface area contributed by atoms with Crippen molar-refractivity contribution in [1.29, 1.82) is 0 Å². The molecule has 1 N–H and O–H groups in total. The molecule has 0 saturated carbocycles. The summed E-state index contributed by atoms with van der Waals surface area (Å²) < 4.78 is 11.3. The normalized spacial score (nSPS) is 13.4. The number of benzene rings is 2. The Morgan fingerprint density at radius 2 is 1.86 bits per heavy atom.